The van der Waals surface area contributed by atoms with Gasteiger partial charge >= 0.3 is 0 Å². The van der Waals surface area contributed by atoms with Gasteiger partial charge in [-0.3, -0.25) is 9.69 Å². The number of carbonyl (C=O) groups is 1. The molecule has 0 aromatic heterocycles. The fraction of sp³-hybridized carbons (Fsp3) is 0.875. The quantitative estimate of drug-likeness (QED) is 0.771. The molecule has 2 saturated heterocycles. The molecule has 0 bridgehead atoms. The second kappa shape index (κ2) is 5.94. The van der Waals surface area contributed by atoms with Crippen LogP contribution in [-0.4, -0.2) is 60.6 Å². The summed E-state index contributed by atoms with van der Waals surface area (Å²) in [4.78, 5) is 17.2. The first kappa shape index (κ1) is 14.8. The average Bonchev–Trinajstić information content (AvgIpc) is 2.47. The summed E-state index contributed by atoms with van der Waals surface area (Å²) in [7, 11) is 0. The lowest BCUT2D eigenvalue weighted by Crippen LogP contribution is -2.60. The Morgan fingerprint density at radius 2 is 2.00 bits per heavy atom. The second-order valence-electron chi connectivity index (χ2n) is 6.73. The summed E-state index contributed by atoms with van der Waals surface area (Å²) in [6, 6.07) is 3.10. The molecule has 1 aliphatic carbocycles. The van der Waals surface area contributed by atoms with E-state index in [2.05, 4.69) is 17.9 Å². The van der Waals surface area contributed by atoms with Crippen molar-refractivity contribution >= 4 is 5.91 Å². The highest BCUT2D eigenvalue weighted by atomic mass is 16.5. The first-order chi connectivity index (χ1) is 10.2. The van der Waals surface area contributed by atoms with E-state index in [1.807, 2.05) is 4.90 Å². The maximum atomic E-state index is 12.7. The van der Waals surface area contributed by atoms with Crippen LogP contribution in [0.3, 0.4) is 0 Å². The van der Waals surface area contributed by atoms with Crippen LogP contribution < -0.4 is 0 Å². The highest BCUT2D eigenvalue weighted by molar-refractivity contribution is 5.86. The van der Waals surface area contributed by atoms with Crippen molar-refractivity contribution < 1.29 is 9.53 Å². The number of hydrogen-bond donors (Lipinski definition) is 0. The van der Waals surface area contributed by atoms with Gasteiger partial charge in [-0.15, -0.1) is 0 Å². The molecule has 0 N–H and O–H groups in total. The monoisotopic (exact) mass is 291 g/mol. The first-order valence-corrected chi connectivity index (χ1v) is 8.20. The number of nitrogens with zero attached hydrogens (tertiary/aromatic N) is 3. The fourth-order valence-corrected chi connectivity index (χ4v) is 3.85. The third-order valence-electron chi connectivity index (χ3n) is 5.46. The number of rotatable bonds is 2. The van der Waals surface area contributed by atoms with E-state index in [-0.39, 0.29) is 11.9 Å². The predicted octanol–water partition coefficient (Wildman–Crippen LogP) is 1.39. The van der Waals surface area contributed by atoms with Gasteiger partial charge < -0.3 is 9.64 Å². The topological polar surface area (TPSA) is 56.6 Å². The SMILES string of the molecule is C[C@@H]1CN(C2CCOCC2)CCN1C(=O)C1(C#N)CCC1. The maximum absolute atomic E-state index is 12.7. The molecule has 0 spiro atoms. The van der Waals surface area contributed by atoms with E-state index in [0.717, 1.165) is 65.0 Å². The molecule has 5 nitrogen and oxygen atoms in total. The Balaban J connectivity index is 1.60. The molecule has 21 heavy (non-hydrogen) atoms. The second-order valence-corrected chi connectivity index (χ2v) is 6.73. The lowest BCUT2D eigenvalue weighted by molar-refractivity contribution is -0.148. The molecule has 0 aromatic rings. The molecule has 3 rings (SSSR count). The zero-order valence-electron chi connectivity index (χ0n) is 12.9. The molecule has 1 amide bonds. The number of carbonyl (C=O) groups excluding carboxylic acids is 1. The summed E-state index contributed by atoms with van der Waals surface area (Å²) in [5, 5.41) is 9.36. The van der Waals surface area contributed by atoms with Crippen molar-refractivity contribution in [3.63, 3.8) is 0 Å². The number of amides is 1. The van der Waals surface area contributed by atoms with E-state index in [0.29, 0.717) is 6.04 Å². The van der Waals surface area contributed by atoms with Crippen LogP contribution in [0.5, 0.6) is 0 Å². The van der Waals surface area contributed by atoms with Gasteiger partial charge in [0.25, 0.3) is 0 Å². The lowest BCUT2D eigenvalue weighted by atomic mass is 9.68. The first-order valence-electron chi connectivity index (χ1n) is 8.20. The summed E-state index contributed by atoms with van der Waals surface area (Å²) in [6.45, 7) is 6.46. The molecular formula is C16H25N3O2. The zero-order valence-corrected chi connectivity index (χ0v) is 12.9. The van der Waals surface area contributed by atoms with Crippen molar-refractivity contribution in [3.05, 3.63) is 0 Å². The molecule has 2 heterocycles. The molecule has 116 valence electrons. The summed E-state index contributed by atoms with van der Waals surface area (Å²) in [6.07, 6.45) is 4.70. The fourth-order valence-electron chi connectivity index (χ4n) is 3.85. The average molecular weight is 291 g/mol. The van der Waals surface area contributed by atoms with Crippen molar-refractivity contribution in [2.75, 3.05) is 32.8 Å². The highest BCUT2D eigenvalue weighted by Gasteiger charge is 2.48. The van der Waals surface area contributed by atoms with E-state index < -0.39 is 5.41 Å². The van der Waals surface area contributed by atoms with Gasteiger partial charge in [-0.05, 0) is 39.0 Å². The third-order valence-corrected chi connectivity index (χ3v) is 5.46. The van der Waals surface area contributed by atoms with Gasteiger partial charge in [-0.1, -0.05) is 0 Å². The molecule has 0 radical (unpaired) electrons. The number of hydrogen-bond acceptors (Lipinski definition) is 4. The van der Waals surface area contributed by atoms with Gasteiger partial charge in [-0.25, -0.2) is 0 Å². The summed E-state index contributed by atoms with van der Waals surface area (Å²) < 4.78 is 5.43. The minimum absolute atomic E-state index is 0.0791. The van der Waals surface area contributed by atoms with E-state index >= 15 is 0 Å². The Labute approximate surface area is 126 Å². The normalized spacial score (nSPS) is 30.5. The van der Waals surface area contributed by atoms with Crippen LogP contribution >= 0.6 is 0 Å². The van der Waals surface area contributed by atoms with Gasteiger partial charge in [-0.2, -0.15) is 5.26 Å². The lowest BCUT2D eigenvalue weighted by Gasteiger charge is -2.47. The van der Waals surface area contributed by atoms with Crippen molar-refractivity contribution in [1.29, 1.82) is 5.26 Å². The van der Waals surface area contributed by atoms with Crippen molar-refractivity contribution in [2.45, 2.75) is 51.1 Å². The molecule has 3 fully saturated rings. The van der Waals surface area contributed by atoms with E-state index in [4.69, 9.17) is 4.74 Å². The third kappa shape index (κ3) is 2.67. The van der Waals surface area contributed by atoms with Gasteiger partial charge in [0, 0.05) is 44.9 Å². The van der Waals surface area contributed by atoms with Gasteiger partial charge in [0.2, 0.25) is 5.91 Å². The Morgan fingerprint density at radius 3 is 2.52 bits per heavy atom. The molecule has 0 aromatic carbocycles. The van der Waals surface area contributed by atoms with Crippen LogP contribution in [0.25, 0.3) is 0 Å². The van der Waals surface area contributed by atoms with Crippen molar-refractivity contribution in [1.82, 2.24) is 9.80 Å². The summed E-state index contributed by atoms with van der Waals surface area (Å²) in [5.41, 5.74) is -0.699. The number of piperazine rings is 1. The van der Waals surface area contributed by atoms with Crippen LogP contribution in [-0.2, 0) is 9.53 Å². The molecule has 0 unspecified atom stereocenters. The van der Waals surface area contributed by atoms with Crippen LogP contribution in [0, 0.1) is 16.7 Å². The van der Waals surface area contributed by atoms with Gasteiger partial charge in [0.05, 0.1) is 6.07 Å². The van der Waals surface area contributed by atoms with Gasteiger partial charge in [0.15, 0.2) is 0 Å². The minimum Gasteiger partial charge on any atom is -0.381 e. The van der Waals surface area contributed by atoms with Crippen LogP contribution in [0.4, 0.5) is 0 Å². The molecule has 5 heteroatoms. The minimum atomic E-state index is -0.699. The van der Waals surface area contributed by atoms with E-state index in [1.165, 1.54) is 0 Å². The van der Waals surface area contributed by atoms with Crippen LogP contribution in [0.1, 0.15) is 39.0 Å². The summed E-state index contributed by atoms with van der Waals surface area (Å²) >= 11 is 0. The molecule has 3 aliphatic rings. The van der Waals surface area contributed by atoms with Crippen LogP contribution in [0.2, 0.25) is 0 Å². The highest BCUT2D eigenvalue weighted by Crippen LogP contribution is 2.42. The van der Waals surface area contributed by atoms with E-state index in [1.54, 1.807) is 0 Å². The van der Waals surface area contributed by atoms with Crippen LogP contribution in [0.15, 0.2) is 0 Å². The molecular weight excluding hydrogens is 266 g/mol. The van der Waals surface area contributed by atoms with Crippen molar-refractivity contribution in [3.8, 4) is 6.07 Å². The molecule has 1 atom stereocenters. The predicted molar refractivity (Wildman–Crippen MR) is 78.5 cm³/mol. The Bertz CT molecular complexity index is 435. The van der Waals surface area contributed by atoms with Gasteiger partial charge in [0.1, 0.15) is 5.41 Å². The molecule has 1 saturated carbocycles. The zero-order chi connectivity index (χ0) is 14.9. The number of ether oxygens (including phenoxy) is 1. The Hall–Kier alpha value is -1.12. The number of nitriles is 1. The summed E-state index contributed by atoms with van der Waals surface area (Å²) in [5.74, 6) is 0.0791. The maximum Gasteiger partial charge on any atom is 0.243 e. The van der Waals surface area contributed by atoms with E-state index in [9.17, 15) is 10.1 Å². The Kier molecular flexibility index (Phi) is 4.19. The standard InChI is InChI=1S/C16H25N3O2/c1-13-11-18(14-3-9-21-10-4-14)7-8-19(13)15(20)16(12-17)5-2-6-16/h13-14H,2-11H2,1H3/t13-/m1/s1. The smallest absolute Gasteiger partial charge is 0.243 e. The van der Waals surface area contributed by atoms with Crippen molar-refractivity contribution in [2.24, 2.45) is 5.41 Å². The Morgan fingerprint density at radius 1 is 1.29 bits per heavy atom. The largest absolute Gasteiger partial charge is 0.381 e. The molecule has 2 aliphatic heterocycles.